The second-order valence-corrected chi connectivity index (χ2v) is 2.84. The van der Waals surface area contributed by atoms with Gasteiger partial charge in [0, 0.05) is 12.6 Å². The highest BCUT2D eigenvalue weighted by atomic mass is 14.9. The zero-order valence-electron chi connectivity index (χ0n) is 7.57. The molecule has 0 aliphatic rings. The number of allylic oxidation sites excluding steroid dienone is 1. The van der Waals surface area contributed by atoms with E-state index < -0.39 is 0 Å². The van der Waals surface area contributed by atoms with Crippen LogP contribution in [0.4, 0.5) is 0 Å². The van der Waals surface area contributed by atoms with Gasteiger partial charge in [-0.2, -0.15) is 0 Å². The molecule has 0 atom stereocenters. The van der Waals surface area contributed by atoms with Gasteiger partial charge in [-0.1, -0.05) is 32.4 Å². The van der Waals surface area contributed by atoms with Crippen molar-refractivity contribution in [1.29, 1.82) is 0 Å². The van der Waals surface area contributed by atoms with E-state index in [-0.39, 0.29) is 0 Å². The van der Waals surface area contributed by atoms with E-state index >= 15 is 0 Å². The lowest BCUT2D eigenvalue weighted by molar-refractivity contribution is 0.615. The molecule has 10 heavy (non-hydrogen) atoms. The summed E-state index contributed by atoms with van der Waals surface area (Å²) in [5.41, 5.74) is 1.49. The first-order valence-electron chi connectivity index (χ1n) is 4.08. The van der Waals surface area contributed by atoms with Crippen molar-refractivity contribution in [3.8, 4) is 0 Å². The predicted octanol–water partition coefficient (Wildman–Crippen LogP) is 2.34. The van der Waals surface area contributed by atoms with Crippen LogP contribution in [-0.2, 0) is 0 Å². The Kier molecular flexibility index (Phi) is 5.32. The highest BCUT2D eigenvalue weighted by Crippen LogP contribution is 1.97. The van der Waals surface area contributed by atoms with Crippen LogP contribution >= 0.6 is 0 Å². The lowest BCUT2D eigenvalue weighted by atomic mass is 10.2. The van der Waals surface area contributed by atoms with Crippen LogP contribution in [0, 0.1) is 0 Å². The fourth-order valence-corrected chi connectivity index (χ4v) is 0.766. The Bertz CT molecular complexity index is 103. The molecule has 0 rings (SSSR count). The quantitative estimate of drug-likeness (QED) is 0.592. The van der Waals surface area contributed by atoms with E-state index in [1.807, 2.05) is 0 Å². The van der Waals surface area contributed by atoms with E-state index in [9.17, 15) is 0 Å². The molecule has 0 heterocycles. The first-order valence-corrected chi connectivity index (χ1v) is 4.08. The Morgan fingerprint density at radius 1 is 1.50 bits per heavy atom. The van der Waals surface area contributed by atoms with Crippen LogP contribution in [0.5, 0.6) is 0 Å². The third-order valence-corrected chi connectivity index (χ3v) is 1.60. The van der Waals surface area contributed by atoms with Crippen LogP contribution < -0.4 is 5.32 Å². The summed E-state index contributed by atoms with van der Waals surface area (Å²) in [6.45, 7) is 9.68. The summed E-state index contributed by atoms with van der Waals surface area (Å²) >= 11 is 0. The fourth-order valence-electron chi connectivity index (χ4n) is 0.766. The maximum atomic E-state index is 3.38. The lowest BCUT2D eigenvalue weighted by Crippen LogP contribution is -2.24. The zero-order valence-corrected chi connectivity index (χ0v) is 7.57. The summed E-state index contributed by atoms with van der Waals surface area (Å²) in [7, 11) is 0. The molecule has 0 saturated carbocycles. The minimum Gasteiger partial charge on any atom is -0.311 e. The molecule has 0 unspecified atom stereocenters. The van der Waals surface area contributed by atoms with Gasteiger partial charge in [0.2, 0.25) is 0 Å². The van der Waals surface area contributed by atoms with E-state index in [0.717, 1.165) is 13.0 Å². The third kappa shape index (κ3) is 4.57. The van der Waals surface area contributed by atoms with Crippen molar-refractivity contribution in [2.45, 2.75) is 40.2 Å². The molecule has 0 radical (unpaired) electrons. The van der Waals surface area contributed by atoms with Crippen molar-refractivity contribution < 1.29 is 0 Å². The molecule has 1 nitrogen and oxygen atoms in total. The van der Waals surface area contributed by atoms with Crippen LogP contribution in [0.15, 0.2) is 11.6 Å². The first-order chi connectivity index (χ1) is 4.70. The molecular formula is C9H19N. The second kappa shape index (κ2) is 5.48. The summed E-state index contributed by atoms with van der Waals surface area (Å²) in [6, 6.07) is 0.599. The van der Waals surface area contributed by atoms with Gasteiger partial charge in [0.25, 0.3) is 0 Å². The molecule has 0 amide bonds. The first kappa shape index (κ1) is 9.70. The number of hydrogen-bond acceptors (Lipinski definition) is 1. The SMILES string of the molecule is C/C=C(\CC)CNC(C)C. The van der Waals surface area contributed by atoms with Gasteiger partial charge in [-0.3, -0.25) is 0 Å². The molecule has 60 valence electrons. The summed E-state index contributed by atoms with van der Waals surface area (Å²) in [4.78, 5) is 0. The van der Waals surface area contributed by atoms with Gasteiger partial charge in [-0.05, 0) is 13.3 Å². The van der Waals surface area contributed by atoms with Crippen LogP contribution in [0.3, 0.4) is 0 Å². The monoisotopic (exact) mass is 141 g/mol. The smallest absolute Gasteiger partial charge is 0.0166 e. The van der Waals surface area contributed by atoms with Crippen LogP contribution in [0.1, 0.15) is 34.1 Å². The van der Waals surface area contributed by atoms with Gasteiger partial charge in [0.1, 0.15) is 0 Å². The highest BCUT2D eigenvalue weighted by molar-refractivity contribution is 5.01. The molecule has 0 bridgehead atoms. The van der Waals surface area contributed by atoms with Crippen LogP contribution in [0.2, 0.25) is 0 Å². The zero-order chi connectivity index (χ0) is 7.98. The number of hydrogen-bond donors (Lipinski definition) is 1. The van der Waals surface area contributed by atoms with E-state index in [0.29, 0.717) is 6.04 Å². The Labute approximate surface area is 64.5 Å². The number of nitrogens with one attached hydrogen (secondary N) is 1. The molecule has 0 spiro atoms. The minimum atomic E-state index is 0.599. The van der Waals surface area contributed by atoms with E-state index in [2.05, 4.69) is 39.1 Å². The molecule has 1 N–H and O–H groups in total. The van der Waals surface area contributed by atoms with Gasteiger partial charge >= 0.3 is 0 Å². The average molecular weight is 141 g/mol. The molecule has 0 aromatic carbocycles. The van der Waals surface area contributed by atoms with Gasteiger partial charge in [-0.15, -0.1) is 0 Å². The Hall–Kier alpha value is -0.300. The van der Waals surface area contributed by atoms with Gasteiger partial charge in [0.05, 0.1) is 0 Å². The summed E-state index contributed by atoms with van der Waals surface area (Å²) in [5.74, 6) is 0. The minimum absolute atomic E-state index is 0.599. The van der Waals surface area contributed by atoms with Crippen molar-refractivity contribution in [3.05, 3.63) is 11.6 Å². The van der Waals surface area contributed by atoms with Gasteiger partial charge in [0.15, 0.2) is 0 Å². The molecule has 0 aliphatic heterocycles. The summed E-state index contributed by atoms with van der Waals surface area (Å²) < 4.78 is 0. The summed E-state index contributed by atoms with van der Waals surface area (Å²) in [6.07, 6.45) is 3.35. The fraction of sp³-hybridized carbons (Fsp3) is 0.778. The molecule has 0 aromatic heterocycles. The standard InChI is InChI=1S/C9H19N/c1-5-9(6-2)7-10-8(3)4/h5,8,10H,6-7H2,1-4H3/b9-5+. The molecular weight excluding hydrogens is 122 g/mol. The largest absolute Gasteiger partial charge is 0.311 e. The maximum absolute atomic E-state index is 3.38. The van der Waals surface area contributed by atoms with Crippen LogP contribution in [0.25, 0.3) is 0 Å². The van der Waals surface area contributed by atoms with Crippen LogP contribution in [-0.4, -0.2) is 12.6 Å². The van der Waals surface area contributed by atoms with Gasteiger partial charge < -0.3 is 5.32 Å². The molecule has 1 heteroatoms. The van der Waals surface area contributed by atoms with E-state index in [4.69, 9.17) is 0 Å². The molecule has 0 aromatic rings. The second-order valence-electron chi connectivity index (χ2n) is 2.84. The molecule has 0 fully saturated rings. The Balaban J connectivity index is 3.46. The Morgan fingerprint density at radius 2 is 2.10 bits per heavy atom. The molecule has 0 saturated heterocycles. The van der Waals surface area contributed by atoms with Crippen molar-refractivity contribution in [2.24, 2.45) is 0 Å². The number of rotatable bonds is 4. The van der Waals surface area contributed by atoms with Gasteiger partial charge in [-0.25, -0.2) is 0 Å². The van der Waals surface area contributed by atoms with Crippen molar-refractivity contribution in [1.82, 2.24) is 5.32 Å². The topological polar surface area (TPSA) is 12.0 Å². The van der Waals surface area contributed by atoms with E-state index in [1.54, 1.807) is 0 Å². The van der Waals surface area contributed by atoms with E-state index in [1.165, 1.54) is 5.57 Å². The summed E-state index contributed by atoms with van der Waals surface area (Å²) in [5, 5.41) is 3.38. The Morgan fingerprint density at radius 3 is 2.40 bits per heavy atom. The molecule has 0 aliphatic carbocycles. The van der Waals surface area contributed by atoms with Crippen molar-refractivity contribution in [2.75, 3.05) is 6.54 Å². The predicted molar refractivity (Wildman–Crippen MR) is 47.2 cm³/mol. The van der Waals surface area contributed by atoms with Crippen molar-refractivity contribution in [3.63, 3.8) is 0 Å². The average Bonchev–Trinajstić information content (AvgIpc) is 1.90. The highest BCUT2D eigenvalue weighted by Gasteiger charge is 1.93. The lowest BCUT2D eigenvalue weighted by Gasteiger charge is -2.08. The third-order valence-electron chi connectivity index (χ3n) is 1.60. The van der Waals surface area contributed by atoms with Crippen molar-refractivity contribution >= 4 is 0 Å². The maximum Gasteiger partial charge on any atom is 0.0166 e. The normalized spacial score (nSPS) is 12.7.